The maximum atomic E-state index is 6.03. The first kappa shape index (κ1) is 12.8. The molecule has 3 aromatic heterocycles. The predicted octanol–water partition coefficient (Wildman–Crippen LogP) is 1.75. The Morgan fingerprint density at radius 1 is 1.45 bits per heavy atom. The quantitative estimate of drug-likeness (QED) is 0.758. The van der Waals surface area contributed by atoms with Crippen LogP contribution in [0.2, 0.25) is 5.02 Å². The molecule has 0 unspecified atom stereocenters. The topological polar surface area (TPSA) is 107 Å². The lowest BCUT2D eigenvalue weighted by molar-refractivity contribution is 0.354. The number of aromatic nitrogens is 5. The first-order valence-corrected chi connectivity index (χ1v) is 6.29. The van der Waals surface area contributed by atoms with Crippen LogP contribution in [0.4, 0.5) is 0 Å². The SMILES string of the molecule is N[C@@H](Cc1cnc[nH]1)c1nc(-c2ncccc2Cl)no1. The fourth-order valence-electron chi connectivity index (χ4n) is 1.75. The first-order chi connectivity index (χ1) is 9.74. The fourth-order valence-corrected chi connectivity index (χ4v) is 1.96. The van der Waals surface area contributed by atoms with Crippen molar-refractivity contribution in [2.24, 2.45) is 5.73 Å². The highest BCUT2D eigenvalue weighted by Crippen LogP contribution is 2.23. The average molecular weight is 291 g/mol. The number of nitrogens with zero attached hydrogens (tertiary/aromatic N) is 4. The van der Waals surface area contributed by atoms with E-state index < -0.39 is 6.04 Å². The van der Waals surface area contributed by atoms with Crippen LogP contribution in [0.5, 0.6) is 0 Å². The molecule has 1 atom stereocenters. The lowest BCUT2D eigenvalue weighted by Crippen LogP contribution is -2.14. The molecule has 8 heteroatoms. The minimum atomic E-state index is -0.417. The Hall–Kier alpha value is -2.25. The predicted molar refractivity (Wildman–Crippen MR) is 71.8 cm³/mol. The smallest absolute Gasteiger partial charge is 0.244 e. The lowest BCUT2D eigenvalue weighted by atomic mass is 10.2. The number of pyridine rings is 1. The van der Waals surface area contributed by atoms with Crippen LogP contribution >= 0.6 is 11.6 Å². The largest absolute Gasteiger partial charge is 0.348 e. The van der Waals surface area contributed by atoms with Crippen molar-refractivity contribution in [3.8, 4) is 11.5 Å². The summed E-state index contributed by atoms with van der Waals surface area (Å²) in [5.74, 6) is 0.655. The van der Waals surface area contributed by atoms with Gasteiger partial charge in [-0.25, -0.2) is 4.98 Å². The van der Waals surface area contributed by atoms with E-state index in [-0.39, 0.29) is 0 Å². The molecule has 0 spiro atoms. The van der Waals surface area contributed by atoms with Crippen LogP contribution in [0, 0.1) is 0 Å². The number of H-pyrrole nitrogens is 1. The third-order valence-corrected chi connectivity index (χ3v) is 3.03. The number of rotatable bonds is 4. The van der Waals surface area contributed by atoms with Gasteiger partial charge in [-0.2, -0.15) is 4.98 Å². The Kier molecular flexibility index (Phi) is 3.44. The number of aromatic amines is 1. The molecule has 0 aliphatic carbocycles. The van der Waals surface area contributed by atoms with Gasteiger partial charge >= 0.3 is 0 Å². The van der Waals surface area contributed by atoms with Gasteiger partial charge in [-0.3, -0.25) is 4.98 Å². The van der Waals surface area contributed by atoms with Crippen LogP contribution in [-0.2, 0) is 6.42 Å². The van der Waals surface area contributed by atoms with Crippen molar-refractivity contribution in [2.45, 2.75) is 12.5 Å². The second-order valence-corrected chi connectivity index (χ2v) is 4.58. The maximum Gasteiger partial charge on any atom is 0.244 e. The molecule has 0 amide bonds. The maximum absolute atomic E-state index is 6.03. The summed E-state index contributed by atoms with van der Waals surface area (Å²) in [6, 6.07) is 3.03. The molecule has 0 saturated carbocycles. The number of imidazole rings is 1. The Bertz CT molecular complexity index is 696. The zero-order chi connectivity index (χ0) is 13.9. The second-order valence-electron chi connectivity index (χ2n) is 4.18. The van der Waals surface area contributed by atoms with E-state index >= 15 is 0 Å². The van der Waals surface area contributed by atoms with Crippen molar-refractivity contribution >= 4 is 11.6 Å². The molecule has 0 aromatic carbocycles. The number of nitrogens with one attached hydrogen (secondary N) is 1. The van der Waals surface area contributed by atoms with Crippen molar-refractivity contribution in [3.05, 3.63) is 47.5 Å². The van der Waals surface area contributed by atoms with E-state index in [4.69, 9.17) is 21.9 Å². The number of hydrogen-bond donors (Lipinski definition) is 2. The normalized spacial score (nSPS) is 12.5. The van der Waals surface area contributed by atoms with Gasteiger partial charge < -0.3 is 15.2 Å². The first-order valence-electron chi connectivity index (χ1n) is 5.91. The summed E-state index contributed by atoms with van der Waals surface area (Å²) >= 11 is 6.03. The molecule has 0 bridgehead atoms. The zero-order valence-electron chi connectivity index (χ0n) is 10.3. The minimum Gasteiger partial charge on any atom is -0.348 e. The molecule has 0 aliphatic rings. The summed E-state index contributed by atoms with van der Waals surface area (Å²) < 4.78 is 5.17. The number of halogens is 1. The third kappa shape index (κ3) is 2.54. The number of nitrogens with two attached hydrogens (primary N) is 1. The fraction of sp³-hybridized carbons (Fsp3) is 0.167. The summed E-state index contributed by atoms with van der Waals surface area (Å²) in [6.07, 6.45) is 5.43. The van der Waals surface area contributed by atoms with Gasteiger partial charge in [-0.15, -0.1) is 0 Å². The molecule has 3 N–H and O–H groups in total. The molecule has 3 aromatic rings. The second kappa shape index (κ2) is 5.40. The molecule has 102 valence electrons. The minimum absolute atomic E-state index is 0.325. The van der Waals surface area contributed by atoms with Gasteiger partial charge in [0.15, 0.2) is 0 Å². The Balaban J connectivity index is 1.81. The highest BCUT2D eigenvalue weighted by molar-refractivity contribution is 6.32. The molecule has 3 heterocycles. The van der Waals surface area contributed by atoms with E-state index in [2.05, 4.69) is 25.1 Å². The van der Waals surface area contributed by atoms with E-state index in [0.717, 1.165) is 5.69 Å². The van der Waals surface area contributed by atoms with E-state index in [9.17, 15) is 0 Å². The van der Waals surface area contributed by atoms with Gasteiger partial charge in [-0.1, -0.05) is 16.8 Å². The van der Waals surface area contributed by atoms with Crippen molar-refractivity contribution in [1.82, 2.24) is 25.1 Å². The van der Waals surface area contributed by atoms with Crippen molar-refractivity contribution < 1.29 is 4.52 Å². The number of hydrogen-bond acceptors (Lipinski definition) is 6. The summed E-state index contributed by atoms with van der Waals surface area (Å²) in [4.78, 5) is 15.3. The van der Waals surface area contributed by atoms with Gasteiger partial charge in [0.2, 0.25) is 11.7 Å². The van der Waals surface area contributed by atoms with Gasteiger partial charge in [0.25, 0.3) is 0 Å². The van der Waals surface area contributed by atoms with Crippen LogP contribution < -0.4 is 5.73 Å². The molecule has 0 fully saturated rings. The van der Waals surface area contributed by atoms with Crippen molar-refractivity contribution in [1.29, 1.82) is 0 Å². The summed E-state index contributed by atoms with van der Waals surface area (Å²) in [5.41, 5.74) is 7.38. The summed E-state index contributed by atoms with van der Waals surface area (Å²) in [5, 5.41) is 4.32. The van der Waals surface area contributed by atoms with E-state index in [0.29, 0.717) is 28.9 Å². The van der Waals surface area contributed by atoms with Crippen LogP contribution in [0.15, 0.2) is 35.4 Å². The molecular formula is C12H11ClN6O. The molecule has 0 radical (unpaired) electrons. The Morgan fingerprint density at radius 3 is 3.10 bits per heavy atom. The molecular weight excluding hydrogens is 280 g/mol. The van der Waals surface area contributed by atoms with Gasteiger partial charge in [-0.05, 0) is 12.1 Å². The van der Waals surface area contributed by atoms with Crippen LogP contribution in [0.25, 0.3) is 11.5 Å². The van der Waals surface area contributed by atoms with Crippen molar-refractivity contribution in [2.75, 3.05) is 0 Å². The van der Waals surface area contributed by atoms with Crippen LogP contribution in [-0.4, -0.2) is 25.1 Å². The Labute approximate surface area is 119 Å². The van der Waals surface area contributed by atoms with E-state index in [1.807, 2.05) is 0 Å². The molecule has 0 aliphatic heterocycles. The van der Waals surface area contributed by atoms with Crippen LogP contribution in [0.1, 0.15) is 17.6 Å². The van der Waals surface area contributed by atoms with E-state index in [1.54, 1.807) is 30.9 Å². The van der Waals surface area contributed by atoms with Gasteiger partial charge in [0, 0.05) is 24.5 Å². The van der Waals surface area contributed by atoms with Gasteiger partial charge in [0.05, 0.1) is 17.4 Å². The molecule has 20 heavy (non-hydrogen) atoms. The standard InChI is InChI=1S/C12H11ClN6O/c13-8-2-1-3-16-10(8)11-18-12(20-19-11)9(14)4-7-5-15-6-17-7/h1-3,5-6,9H,4,14H2,(H,15,17)/t9-/m0/s1. The molecule has 7 nitrogen and oxygen atoms in total. The Morgan fingerprint density at radius 2 is 2.35 bits per heavy atom. The molecule has 3 rings (SSSR count). The monoisotopic (exact) mass is 290 g/mol. The van der Waals surface area contributed by atoms with Crippen LogP contribution in [0.3, 0.4) is 0 Å². The summed E-state index contributed by atoms with van der Waals surface area (Å²) in [7, 11) is 0. The third-order valence-electron chi connectivity index (χ3n) is 2.72. The average Bonchev–Trinajstić information content (AvgIpc) is 3.10. The van der Waals surface area contributed by atoms with E-state index in [1.165, 1.54) is 0 Å². The highest BCUT2D eigenvalue weighted by atomic mass is 35.5. The van der Waals surface area contributed by atoms with Gasteiger partial charge in [0.1, 0.15) is 5.69 Å². The lowest BCUT2D eigenvalue weighted by Gasteiger charge is -2.03. The zero-order valence-corrected chi connectivity index (χ0v) is 11.1. The molecule has 0 saturated heterocycles. The van der Waals surface area contributed by atoms with Crippen molar-refractivity contribution in [3.63, 3.8) is 0 Å². The highest BCUT2D eigenvalue weighted by Gasteiger charge is 2.18. The summed E-state index contributed by atoms with van der Waals surface area (Å²) in [6.45, 7) is 0.